The largest absolute Gasteiger partial charge is 0.455 e. The van der Waals surface area contributed by atoms with Crippen LogP contribution in [0.5, 0.6) is 11.5 Å². The van der Waals surface area contributed by atoms with Crippen molar-refractivity contribution in [1.29, 1.82) is 0 Å². The van der Waals surface area contributed by atoms with Crippen LogP contribution >= 0.6 is 0 Å². The van der Waals surface area contributed by atoms with Gasteiger partial charge < -0.3 is 4.74 Å². The molecule has 0 saturated heterocycles. The standard InChI is InChI=1S/C19H17F4NO2/c1-9(2)17-10(3)18(12(5)25)15(8-13(17)19(21,22)23)26-14-6-7-16(20)24-11(14)4/h6-8H,1H2,2-5H3. The average molecular weight is 367 g/mol. The number of ether oxygens (including phenoxy) is 1. The summed E-state index contributed by atoms with van der Waals surface area (Å²) in [6, 6.07) is 3.04. The summed E-state index contributed by atoms with van der Waals surface area (Å²) in [5.74, 6) is -1.40. The fourth-order valence-electron chi connectivity index (χ4n) is 2.82. The third kappa shape index (κ3) is 3.76. The van der Waals surface area contributed by atoms with Crippen LogP contribution in [0.15, 0.2) is 24.8 Å². The lowest BCUT2D eigenvalue weighted by Crippen LogP contribution is -2.13. The van der Waals surface area contributed by atoms with Crippen LogP contribution in [0.4, 0.5) is 17.6 Å². The van der Waals surface area contributed by atoms with Gasteiger partial charge in [0.1, 0.15) is 11.5 Å². The molecule has 1 heterocycles. The van der Waals surface area contributed by atoms with Gasteiger partial charge in [0, 0.05) is 0 Å². The van der Waals surface area contributed by atoms with Gasteiger partial charge in [-0.3, -0.25) is 4.79 Å². The minimum Gasteiger partial charge on any atom is -0.455 e. The van der Waals surface area contributed by atoms with Crippen molar-refractivity contribution in [2.75, 3.05) is 0 Å². The number of aromatic nitrogens is 1. The second-order valence-electron chi connectivity index (χ2n) is 5.95. The lowest BCUT2D eigenvalue weighted by molar-refractivity contribution is -0.137. The topological polar surface area (TPSA) is 39.2 Å². The van der Waals surface area contributed by atoms with E-state index >= 15 is 0 Å². The number of hydrogen-bond acceptors (Lipinski definition) is 3. The number of alkyl halides is 3. The Morgan fingerprint density at radius 2 is 1.73 bits per heavy atom. The first-order chi connectivity index (χ1) is 11.9. The summed E-state index contributed by atoms with van der Waals surface area (Å²) >= 11 is 0. The Morgan fingerprint density at radius 1 is 1.12 bits per heavy atom. The molecule has 0 bridgehead atoms. The first-order valence-corrected chi connectivity index (χ1v) is 7.66. The number of carbonyl (C=O) groups is 1. The normalized spacial score (nSPS) is 11.4. The molecule has 0 N–H and O–H groups in total. The number of aryl methyl sites for hydroxylation is 1. The lowest BCUT2D eigenvalue weighted by Gasteiger charge is -2.21. The van der Waals surface area contributed by atoms with Crippen molar-refractivity contribution in [3.63, 3.8) is 0 Å². The highest BCUT2D eigenvalue weighted by Gasteiger charge is 2.36. The smallest absolute Gasteiger partial charge is 0.417 e. The molecule has 26 heavy (non-hydrogen) atoms. The molecule has 2 aromatic rings. The highest BCUT2D eigenvalue weighted by atomic mass is 19.4. The first-order valence-electron chi connectivity index (χ1n) is 7.66. The van der Waals surface area contributed by atoms with Crippen LogP contribution in [0.1, 0.15) is 46.6 Å². The zero-order valence-corrected chi connectivity index (χ0v) is 14.7. The quantitative estimate of drug-likeness (QED) is 0.385. The average Bonchev–Trinajstić information content (AvgIpc) is 2.47. The number of Topliss-reactive ketones (excluding diaryl/α,β-unsaturated/α-hetero) is 1. The van der Waals surface area contributed by atoms with E-state index in [1.165, 1.54) is 33.8 Å². The van der Waals surface area contributed by atoms with Gasteiger partial charge in [-0.05, 0) is 57.0 Å². The molecular weight excluding hydrogens is 350 g/mol. The maximum absolute atomic E-state index is 13.5. The van der Waals surface area contributed by atoms with Crippen LogP contribution in [0.3, 0.4) is 0 Å². The molecule has 7 heteroatoms. The molecule has 138 valence electrons. The summed E-state index contributed by atoms with van der Waals surface area (Å²) in [7, 11) is 0. The molecule has 0 unspecified atom stereocenters. The van der Waals surface area contributed by atoms with Gasteiger partial charge in [-0.2, -0.15) is 17.6 Å². The van der Waals surface area contributed by atoms with E-state index in [4.69, 9.17) is 4.74 Å². The number of halogens is 4. The van der Waals surface area contributed by atoms with Crippen molar-refractivity contribution in [3.05, 3.63) is 58.7 Å². The summed E-state index contributed by atoms with van der Waals surface area (Å²) in [5, 5.41) is 0. The van der Waals surface area contributed by atoms with Gasteiger partial charge in [0.15, 0.2) is 5.78 Å². The van der Waals surface area contributed by atoms with Crippen molar-refractivity contribution in [3.8, 4) is 11.5 Å². The molecule has 0 radical (unpaired) electrons. The zero-order valence-electron chi connectivity index (χ0n) is 14.7. The Bertz CT molecular complexity index is 901. The number of pyridine rings is 1. The molecule has 0 aliphatic heterocycles. The van der Waals surface area contributed by atoms with Crippen LogP contribution < -0.4 is 4.74 Å². The SMILES string of the molecule is C=C(C)c1c(C(F)(F)F)cc(Oc2ccc(F)nc2C)c(C(C)=O)c1C. The Balaban J connectivity index is 2.77. The molecule has 0 atom stereocenters. The van der Waals surface area contributed by atoms with Crippen LogP contribution in [-0.2, 0) is 6.18 Å². The first kappa shape index (κ1) is 19.6. The van der Waals surface area contributed by atoms with E-state index in [0.717, 1.165) is 12.1 Å². The Kier molecular flexibility index (Phi) is 5.21. The predicted octanol–water partition coefficient (Wildman–Crippen LogP) is 5.88. The van der Waals surface area contributed by atoms with Crippen molar-refractivity contribution in [1.82, 2.24) is 4.98 Å². The number of benzene rings is 1. The molecule has 2 rings (SSSR count). The fourth-order valence-corrected chi connectivity index (χ4v) is 2.82. The van der Waals surface area contributed by atoms with Gasteiger partial charge in [-0.15, -0.1) is 0 Å². The van der Waals surface area contributed by atoms with E-state index in [-0.39, 0.29) is 39.5 Å². The van der Waals surface area contributed by atoms with Crippen LogP contribution in [0, 0.1) is 19.8 Å². The summed E-state index contributed by atoms with van der Waals surface area (Å²) in [5.41, 5.74) is -0.611. The molecule has 0 aliphatic carbocycles. The summed E-state index contributed by atoms with van der Waals surface area (Å²) in [6.07, 6.45) is -4.66. The molecule has 0 amide bonds. The van der Waals surface area contributed by atoms with Gasteiger partial charge in [-0.1, -0.05) is 12.2 Å². The van der Waals surface area contributed by atoms with E-state index in [9.17, 15) is 22.4 Å². The Labute approximate surface area is 148 Å². The number of rotatable bonds is 4. The Hall–Kier alpha value is -2.70. The minimum atomic E-state index is -4.66. The van der Waals surface area contributed by atoms with E-state index < -0.39 is 23.5 Å². The monoisotopic (exact) mass is 367 g/mol. The van der Waals surface area contributed by atoms with Crippen LogP contribution in [0.2, 0.25) is 0 Å². The van der Waals surface area contributed by atoms with Crippen LogP contribution in [0.25, 0.3) is 5.57 Å². The van der Waals surface area contributed by atoms with Crippen molar-refractivity contribution < 1.29 is 27.1 Å². The van der Waals surface area contributed by atoms with Gasteiger partial charge in [-0.25, -0.2) is 4.98 Å². The number of hydrogen-bond donors (Lipinski definition) is 0. The summed E-state index contributed by atoms with van der Waals surface area (Å²) in [6.45, 7) is 9.14. The molecule has 1 aromatic heterocycles. The summed E-state index contributed by atoms with van der Waals surface area (Å²) in [4.78, 5) is 15.7. The number of carbonyl (C=O) groups excluding carboxylic acids is 1. The number of nitrogens with zero attached hydrogens (tertiary/aromatic N) is 1. The lowest BCUT2D eigenvalue weighted by atomic mass is 9.90. The minimum absolute atomic E-state index is 0.0136. The predicted molar refractivity (Wildman–Crippen MR) is 89.9 cm³/mol. The second kappa shape index (κ2) is 6.90. The van der Waals surface area contributed by atoms with Crippen molar-refractivity contribution >= 4 is 11.4 Å². The molecule has 0 aliphatic rings. The van der Waals surface area contributed by atoms with Crippen molar-refractivity contribution in [2.24, 2.45) is 0 Å². The van der Waals surface area contributed by atoms with Crippen molar-refractivity contribution in [2.45, 2.75) is 33.9 Å². The van der Waals surface area contributed by atoms with E-state index in [1.54, 1.807) is 0 Å². The van der Waals surface area contributed by atoms with E-state index in [1.807, 2.05) is 0 Å². The molecule has 0 fully saturated rings. The highest BCUT2D eigenvalue weighted by Crippen LogP contribution is 2.42. The van der Waals surface area contributed by atoms with Gasteiger partial charge >= 0.3 is 6.18 Å². The molecule has 1 aromatic carbocycles. The third-order valence-electron chi connectivity index (χ3n) is 3.85. The Morgan fingerprint density at radius 3 is 2.19 bits per heavy atom. The number of ketones is 1. The maximum Gasteiger partial charge on any atom is 0.417 e. The van der Waals surface area contributed by atoms with E-state index in [2.05, 4.69) is 11.6 Å². The van der Waals surface area contributed by atoms with Gasteiger partial charge in [0.05, 0.1) is 16.8 Å². The maximum atomic E-state index is 13.5. The van der Waals surface area contributed by atoms with E-state index in [0.29, 0.717) is 0 Å². The molecule has 0 saturated carbocycles. The highest BCUT2D eigenvalue weighted by molar-refractivity contribution is 6.00. The second-order valence-corrected chi connectivity index (χ2v) is 5.95. The zero-order chi connectivity index (χ0) is 19.8. The van der Waals surface area contributed by atoms with Gasteiger partial charge in [0.2, 0.25) is 5.95 Å². The van der Waals surface area contributed by atoms with Gasteiger partial charge in [0.25, 0.3) is 0 Å². The number of allylic oxidation sites excluding steroid dienone is 1. The summed E-state index contributed by atoms with van der Waals surface area (Å²) < 4.78 is 59.3. The third-order valence-corrected chi connectivity index (χ3v) is 3.85. The fraction of sp³-hybridized carbons (Fsp3) is 0.263. The van der Waals surface area contributed by atoms with Crippen LogP contribution in [-0.4, -0.2) is 10.8 Å². The molecular formula is C19H17F4NO2. The molecule has 3 nitrogen and oxygen atoms in total. The molecule has 0 spiro atoms.